The van der Waals surface area contributed by atoms with Gasteiger partial charge in [0.2, 0.25) is 5.82 Å². The normalized spacial score (nSPS) is 11.2. The highest BCUT2D eigenvalue weighted by molar-refractivity contribution is 5.89. The Hall–Kier alpha value is -3.56. The molecule has 0 atom stereocenters. The van der Waals surface area contributed by atoms with Crippen molar-refractivity contribution in [3.05, 3.63) is 59.5 Å². The number of hydrogen-bond acceptors (Lipinski definition) is 6. The van der Waals surface area contributed by atoms with Crippen molar-refractivity contribution in [2.75, 3.05) is 20.8 Å². The van der Waals surface area contributed by atoms with Crippen LogP contribution in [0.2, 0.25) is 0 Å². The van der Waals surface area contributed by atoms with Crippen LogP contribution in [-0.2, 0) is 12.6 Å². The molecule has 0 saturated heterocycles. The minimum atomic E-state index is -4.44. The van der Waals surface area contributed by atoms with Crippen molar-refractivity contribution < 1.29 is 32.0 Å². The van der Waals surface area contributed by atoms with Crippen LogP contribution >= 0.6 is 0 Å². The molecule has 0 radical (unpaired) electrons. The van der Waals surface area contributed by atoms with E-state index in [4.69, 9.17) is 14.0 Å². The third kappa shape index (κ3) is 4.88. The lowest BCUT2D eigenvalue weighted by atomic mass is 10.1. The molecular formula is C20H18F3N3O4. The van der Waals surface area contributed by atoms with E-state index in [0.29, 0.717) is 30.0 Å². The Morgan fingerprint density at radius 2 is 1.77 bits per heavy atom. The highest BCUT2D eigenvalue weighted by Gasteiger charge is 2.30. The van der Waals surface area contributed by atoms with Gasteiger partial charge in [-0.1, -0.05) is 23.4 Å². The topological polar surface area (TPSA) is 86.5 Å². The molecule has 1 N–H and O–H groups in total. The molecule has 10 heteroatoms. The number of hydrogen-bond donors (Lipinski definition) is 1. The van der Waals surface area contributed by atoms with Gasteiger partial charge in [0.05, 0.1) is 19.8 Å². The van der Waals surface area contributed by atoms with Gasteiger partial charge in [0.15, 0.2) is 11.5 Å². The number of halogens is 3. The number of methoxy groups -OCH3 is 2. The molecule has 0 aliphatic carbocycles. The van der Waals surface area contributed by atoms with E-state index in [2.05, 4.69) is 15.5 Å². The van der Waals surface area contributed by atoms with Crippen LogP contribution in [-0.4, -0.2) is 36.8 Å². The zero-order chi connectivity index (χ0) is 21.7. The van der Waals surface area contributed by atoms with Crippen molar-refractivity contribution in [2.45, 2.75) is 12.6 Å². The summed E-state index contributed by atoms with van der Waals surface area (Å²) in [5, 5.41) is 6.30. The fraction of sp³-hybridized carbons (Fsp3) is 0.250. The third-order valence-electron chi connectivity index (χ3n) is 4.24. The molecule has 1 aromatic heterocycles. The number of nitrogens with zero attached hydrogens (tertiary/aromatic N) is 2. The maximum atomic E-state index is 12.6. The van der Waals surface area contributed by atoms with Gasteiger partial charge in [-0.05, 0) is 36.2 Å². The summed E-state index contributed by atoms with van der Waals surface area (Å²) < 4.78 is 53.2. The fourth-order valence-corrected chi connectivity index (χ4v) is 2.67. The first kappa shape index (κ1) is 21.2. The summed E-state index contributed by atoms with van der Waals surface area (Å²) in [7, 11) is 3.08. The van der Waals surface area contributed by atoms with E-state index in [0.717, 1.165) is 17.7 Å². The Labute approximate surface area is 169 Å². The van der Waals surface area contributed by atoms with Gasteiger partial charge in [-0.15, -0.1) is 0 Å². The molecule has 0 unspecified atom stereocenters. The molecule has 1 heterocycles. The number of ether oxygens (including phenoxy) is 2. The number of benzene rings is 2. The molecule has 1 amide bonds. The van der Waals surface area contributed by atoms with Crippen molar-refractivity contribution in [3.63, 3.8) is 0 Å². The molecule has 0 fully saturated rings. The van der Waals surface area contributed by atoms with Crippen LogP contribution in [0.3, 0.4) is 0 Å². The van der Waals surface area contributed by atoms with E-state index in [1.54, 1.807) is 19.2 Å². The molecule has 3 rings (SSSR count). The van der Waals surface area contributed by atoms with E-state index in [-0.39, 0.29) is 11.7 Å². The fourth-order valence-electron chi connectivity index (χ4n) is 2.67. The summed E-state index contributed by atoms with van der Waals surface area (Å²) in [5.41, 5.74) is 0.433. The Kier molecular flexibility index (Phi) is 6.24. The Morgan fingerprint density at radius 1 is 1.07 bits per heavy atom. The van der Waals surface area contributed by atoms with Crippen LogP contribution in [0.4, 0.5) is 13.2 Å². The van der Waals surface area contributed by atoms with Gasteiger partial charge in [0, 0.05) is 12.1 Å². The van der Waals surface area contributed by atoms with Gasteiger partial charge >= 0.3 is 18.0 Å². The SMILES string of the molecule is COc1ccc(CCNC(=O)c2nc(-c3ccc(C(F)(F)F)cc3)no2)cc1OC. The first-order valence-electron chi connectivity index (χ1n) is 8.82. The van der Waals surface area contributed by atoms with Gasteiger partial charge < -0.3 is 19.3 Å². The average Bonchev–Trinajstić information content (AvgIpc) is 3.23. The van der Waals surface area contributed by atoms with Crippen LogP contribution in [0, 0.1) is 0 Å². The number of carbonyl (C=O) groups excluding carboxylic acids is 1. The minimum Gasteiger partial charge on any atom is -0.493 e. The molecule has 2 aromatic carbocycles. The molecule has 0 bridgehead atoms. The molecule has 3 aromatic rings. The quantitative estimate of drug-likeness (QED) is 0.626. The molecule has 0 aliphatic rings. The standard InChI is InChI=1S/C20H18F3N3O4/c1-28-15-8-3-12(11-16(15)29-2)9-10-24-18(27)19-25-17(26-30-19)13-4-6-14(7-5-13)20(21,22)23/h3-8,11H,9-10H2,1-2H3,(H,24,27). The summed E-state index contributed by atoms with van der Waals surface area (Å²) in [6.07, 6.45) is -3.92. The number of nitrogens with one attached hydrogen (secondary N) is 1. The van der Waals surface area contributed by atoms with E-state index in [1.807, 2.05) is 6.07 Å². The number of rotatable bonds is 7. The first-order valence-corrected chi connectivity index (χ1v) is 8.82. The van der Waals surface area contributed by atoms with Gasteiger partial charge in [-0.3, -0.25) is 4.79 Å². The smallest absolute Gasteiger partial charge is 0.416 e. The van der Waals surface area contributed by atoms with E-state index in [1.165, 1.54) is 19.2 Å². The number of alkyl halides is 3. The maximum absolute atomic E-state index is 12.6. The van der Waals surface area contributed by atoms with Gasteiger partial charge in [0.25, 0.3) is 0 Å². The van der Waals surface area contributed by atoms with Crippen molar-refractivity contribution in [2.24, 2.45) is 0 Å². The predicted molar refractivity (Wildman–Crippen MR) is 100 cm³/mol. The van der Waals surface area contributed by atoms with E-state index in [9.17, 15) is 18.0 Å². The van der Waals surface area contributed by atoms with Crippen LogP contribution in [0.1, 0.15) is 21.8 Å². The molecular weight excluding hydrogens is 403 g/mol. The average molecular weight is 421 g/mol. The van der Waals surface area contributed by atoms with Gasteiger partial charge in [-0.2, -0.15) is 18.2 Å². The molecule has 158 valence electrons. The monoisotopic (exact) mass is 421 g/mol. The van der Waals surface area contributed by atoms with E-state index < -0.39 is 17.6 Å². The van der Waals surface area contributed by atoms with Crippen LogP contribution in [0.15, 0.2) is 47.0 Å². The summed E-state index contributed by atoms with van der Waals surface area (Å²) in [4.78, 5) is 16.1. The summed E-state index contributed by atoms with van der Waals surface area (Å²) >= 11 is 0. The zero-order valence-corrected chi connectivity index (χ0v) is 16.1. The van der Waals surface area contributed by atoms with Crippen molar-refractivity contribution in [3.8, 4) is 22.9 Å². The molecule has 0 saturated carbocycles. The summed E-state index contributed by atoms with van der Waals surface area (Å²) in [5.74, 6) is 0.346. The summed E-state index contributed by atoms with van der Waals surface area (Å²) in [6.45, 7) is 0.298. The van der Waals surface area contributed by atoms with Crippen molar-refractivity contribution in [1.29, 1.82) is 0 Å². The van der Waals surface area contributed by atoms with Crippen molar-refractivity contribution in [1.82, 2.24) is 15.5 Å². The Morgan fingerprint density at radius 3 is 2.40 bits per heavy atom. The van der Waals surface area contributed by atoms with Crippen molar-refractivity contribution >= 4 is 5.91 Å². The number of aromatic nitrogens is 2. The largest absolute Gasteiger partial charge is 0.493 e. The minimum absolute atomic E-state index is 0.0220. The second-order valence-corrected chi connectivity index (χ2v) is 6.19. The molecule has 0 aliphatic heterocycles. The molecule has 30 heavy (non-hydrogen) atoms. The maximum Gasteiger partial charge on any atom is 0.416 e. The number of amides is 1. The Balaban J connectivity index is 1.59. The molecule has 7 nitrogen and oxygen atoms in total. The predicted octanol–water partition coefficient (Wildman–Crippen LogP) is 3.75. The lowest BCUT2D eigenvalue weighted by Crippen LogP contribution is -2.26. The van der Waals surface area contributed by atoms with E-state index >= 15 is 0 Å². The second kappa shape index (κ2) is 8.85. The number of carbonyl (C=O) groups is 1. The third-order valence-corrected chi connectivity index (χ3v) is 4.24. The summed E-state index contributed by atoms with van der Waals surface area (Å²) in [6, 6.07) is 9.68. The van der Waals surface area contributed by atoms with Crippen LogP contribution in [0.25, 0.3) is 11.4 Å². The van der Waals surface area contributed by atoms with Crippen LogP contribution < -0.4 is 14.8 Å². The molecule has 0 spiro atoms. The highest BCUT2D eigenvalue weighted by Crippen LogP contribution is 2.30. The highest BCUT2D eigenvalue weighted by atomic mass is 19.4. The van der Waals surface area contributed by atoms with Gasteiger partial charge in [-0.25, -0.2) is 0 Å². The van der Waals surface area contributed by atoms with Crippen LogP contribution in [0.5, 0.6) is 11.5 Å². The zero-order valence-electron chi connectivity index (χ0n) is 16.1. The van der Waals surface area contributed by atoms with Gasteiger partial charge in [0.1, 0.15) is 0 Å². The lowest BCUT2D eigenvalue weighted by Gasteiger charge is -2.09. The second-order valence-electron chi connectivity index (χ2n) is 6.19. The lowest BCUT2D eigenvalue weighted by molar-refractivity contribution is -0.137. The Bertz CT molecular complexity index is 1020. The first-order chi connectivity index (χ1) is 14.3.